The van der Waals surface area contributed by atoms with Gasteiger partial charge in [-0.1, -0.05) is 23.7 Å². The third kappa shape index (κ3) is 2.65. The van der Waals surface area contributed by atoms with Crippen LogP contribution in [0.25, 0.3) is 0 Å². The molecule has 0 aliphatic rings. The summed E-state index contributed by atoms with van der Waals surface area (Å²) in [5, 5.41) is -0.214. The summed E-state index contributed by atoms with van der Waals surface area (Å²) in [6.45, 7) is 1.86. The van der Waals surface area contributed by atoms with Crippen molar-refractivity contribution in [2.75, 3.05) is 0 Å². The van der Waals surface area contributed by atoms with Gasteiger partial charge in [0.1, 0.15) is 11.6 Å². The van der Waals surface area contributed by atoms with E-state index in [-0.39, 0.29) is 5.56 Å². The first-order chi connectivity index (χ1) is 8.49. The SMILES string of the molecule is Cc1ccc(C(Cl)c2cc(F)ccc2F)cc1Cl. The summed E-state index contributed by atoms with van der Waals surface area (Å²) < 4.78 is 26.7. The lowest BCUT2D eigenvalue weighted by Gasteiger charge is -2.12. The number of hydrogen-bond acceptors (Lipinski definition) is 0. The molecule has 0 bridgehead atoms. The minimum absolute atomic E-state index is 0.108. The summed E-state index contributed by atoms with van der Waals surface area (Å²) in [4.78, 5) is 0. The maximum Gasteiger partial charge on any atom is 0.128 e. The molecule has 94 valence electrons. The molecule has 0 amide bonds. The van der Waals surface area contributed by atoms with Crippen molar-refractivity contribution in [3.05, 3.63) is 69.7 Å². The Morgan fingerprint density at radius 3 is 2.44 bits per heavy atom. The standard InChI is InChI=1S/C14H10Cl2F2/c1-8-2-3-9(6-12(8)15)14(16)11-7-10(17)4-5-13(11)18/h2-7,14H,1H3. The topological polar surface area (TPSA) is 0 Å². The largest absolute Gasteiger partial charge is 0.207 e. The Hall–Kier alpha value is -1.12. The number of hydrogen-bond donors (Lipinski definition) is 0. The summed E-state index contributed by atoms with van der Waals surface area (Å²) in [6, 6.07) is 8.44. The van der Waals surface area contributed by atoms with Gasteiger partial charge in [0.2, 0.25) is 0 Å². The van der Waals surface area contributed by atoms with E-state index in [1.807, 2.05) is 6.92 Å². The van der Waals surface area contributed by atoms with Crippen molar-refractivity contribution in [3.8, 4) is 0 Å². The first kappa shape index (κ1) is 13.3. The predicted molar refractivity (Wildman–Crippen MR) is 70.2 cm³/mol. The van der Waals surface area contributed by atoms with Gasteiger partial charge < -0.3 is 0 Å². The van der Waals surface area contributed by atoms with Crippen LogP contribution >= 0.6 is 23.2 Å². The average molecular weight is 287 g/mol. The van der Waals surface area contributed by atoms with Crippen molar-refractivity contribution in [1.82, 2.24) is 0 Å². The van der Waals surface area contributed by atoms with E-state index in [9.17, 15) is 8.78 Å². The highest BCUT2D eigenvalue weighted by molar-refractivity contribution is 6.31. The smallest absolute Gasteiger partial charge is 0.128 e. The fourth-order valence-electron chi connectivity index (χ4n) is 1.66. The second-order valence-electron chi connectivity index (χ2n) is 4.04. The molecule has 1 atom stereocenters. The molecule has 0 nitrogen and oxygen atoms in total. The zero-order valence-corrected chi connectivity index (χ0v) is 11.1. The molecule has 0 aliphatic heterocycles. The minimum Gasteiger partial charge on any atom is -0.207 e. The van der Waals surface area contributed by atoms with Crippen molar-refractivity contribution in [2.24, 2.45) is 0 Å². The number of rotatable bonds is 2. The molecule has 2 rings (SSSR count). The predicted octanol–water partition coefficient (Wildman–Crippen LogP) is 5.25. The third-order valence-electron chi connectivity index (χ3n) is 2.72. The van der Waals surface area contributed by atoms with Crippen LogP contribution in [0.5, 0.6) is 0 Å². The number of aryl methyl sites for hydroxylation is 1. The van der Waals surface area contributed by atoms with Crippen LogP contribution < -0.4 is 0 Å². The highest BCUT2D eigenvalue weighted by Crippen LogP contribution is 2.33. The summed E-state index contributed by atoms with van der Waals surface area (Å²) in [7, 11) is 0. The normalized spacial score (nSPS) is 12.5. The van der Waals surface area contributed by atoms with Gasteiger partial charge >= 0.3 is 0 Å². The Bertz CT molecular complexity index is 582. The lowest BCUT2D eigenvalue weighted by molar-refractivity contribution is 0.587. The zero-order valence-electron chi connectivity index (χ0n) is 9.55. The van der Waals surface area contributed by atoms with Gasteiger partial charge in [-0.05, 0) is 42.3 Å². The van der Waals surface area contributed by atoms with Gasteiger partial charge in [0.15, 0.2) is 0 Å². The van der Waals surface area contributed by atoms with Crippen LogP contribution in [-0.4, -0.2) is 0 Å². The van der Waals surface area contributed by atoms with Crippen molar-refractivity contribution in [1.29, 1.82) is 0 Å². The number of benzene rings is 2. The zero-order chi connectivity index (χ0) is 13.3. The molecule has 0 saturated heterocycles. The highest BCUT2D eigenvalue weighted by atomic mass is 35.5. The summed E-state index contributed by atoms with van der Waals surface area (Å²) in [6.07, 6.45) is 0. The van der Waals surface area contributed by atoms with Crippen molar-refractivity contribution in [2.45, 2.75) is 12.3 Å². The maximum atomic E-state index is 13.6. The molecule has 0 aliphatic carbocycles. The fourth-order valence-corrected chi connectivity index (χ4v) is 2.15. The van der Waals surface area contributed by atoms with E-state index in [1.165, 1.54) is 0 Å². The highest BCUT2D eigenvalue weighted by Gasteiger charge is 2.16. The fraction of sp³-hybridized carbons (Fsp3) is 0.143. The van der Waals surface area contributed by atoms with Gasteiger partial charge in [-0.2, -0.15) is 0 Å². The van der Waals surface area contributed by atoms with E-state index in [1.54, 1.807) is 18.2 Å². The molecule has 0 fully saturated rings. The van der Waals surface area contributed by atoms with Gasteiger partial charge in [0.25, 0.3) is 0 Å². The van der Waals surface area contributed by atoms with Gasteiger partial charge in [0.05, 0.1) is 5.38 Å². The monoisotopic (exact) mass is 286 g/mol. The Balaban J connectivity index is 2.44. The molecule has 0 heterocycles. The van der Waals surface area contributed by atoms with Crippen LogP contribution in [0.4, 0.5) is 8.78 Å². The molecule has 2 aromatic rings. The van der Waals surface area contributed by atoms with E-state index in [4.69, 9.17) is 23.2 Å². The number of alkyl halides is 1. The Morgan fingerprint density at radius 1 is 1.06 bits per heavy atom. The molecule has 18 heavy (non-hydrogen) atoms. The van der Waals surface area contributed by atoms with E-state index in [0.717, 1.165) is 23.8 Å². The lowest BCUT2D eigenvalue weighted by atomic mass is 10.0. The molecule has 2 aromatic carbocycles. The van der Waals surface area contributed by atoms with E-state index in [0.29, 0.717) is 10.6 Å². The third-order valence-corrected chi connectivity index (χ3v) is 3.61. The first-order valence-electron chi connectivity index (χ1n) is 5.34. The molecule has 0 aromatic heterocycles. The summed E-state index contributed by atoms with van der Waals surface area (Å²) in [5.74, 6) is -1.05. The van der Waals surface area contributed by atoms with Crippen LogP contribution in [0.3, 0.4) is 0 Å². The first-order valence-corrected chi connectivity index (χ1v) is 6.15. The molecular formula is C14H10Cl2F2. The van der Waals surface area contributed by atoms with Crippen LogP contribution in [0, 0.1) is 18.6 Å². The Morgan fingerprint density at radius 2 is 1.78 bits per heavy atom. The molecule has 1 unspecified atom stereocenters. The second kappa shape index (κ2) is 5.25. The van der Waals surface area contributed by atoms with Crippen LogP contribution in [0.1, 0.15) is 22.1 Å². The van der Waals surface area contributed by atoms with Gasteiger partial charge in [-0.3, -0.25) is 0 Å². The van der Waals surface area contributed by atoms with Crippen LogP contribution in [0.2, 0.25) is 5.02 Å². The van der Waals surface area contributed by atoms with Crippen molar-refractivity contribution in [3.63, 3.8) is 0 Å². The van der Waals surface area contributed by atoms with Crippen molar-refractivity contribution >= 4 is 23.2 Å². The van der Waals surface area contributed by atoms with E-state index < -0.39 is 17.0 Å². The Labute approximate surface area is 114 Å². The van der Waals surface area contributed by atoms with E-state index in [2.05, 4.69) is 0 Å². The quantitative estimate of drug-likeness (QED) is 0.661. The van der Waals surface area contributed by atoms with Crippen molar-refractivity contribution < 1.29 is 8.78 Å². The average Bonchev–Trinajstić information content (AvgIpc) is 2.35. The van der Waals surface area contributed by atoms with Crippen LogP contribution in [0.15, 0.2) is 36.4 Å². The molecule has 4 heteroatoms. The summed E-state index contributed by atoms with van der Waals surface area (Å²) >= 11 is 12.2. The second-order valence-corrected chi connectivity index (χ2v) is 4.88. The molecule has 0 radical (unpaired) electrons. The van der Waals surface area contributed by atoms with Gasteiger partial charge in [-0.15, -0.1) is 11.6 Å². The number of halogens is 4. The van der Waals surface area contributed by atoms with Gasteiger partial charge in [-0.25, -0.2) is 8.78 Å². The molecule has 0 N–H and O–H groups in total. The molecule has 0 spiro atoms. The van der Waals surface area contributed by atoms with E-state index >= 15 is 0 Å². The minimum atomic E-state index is -0.765. The Kier molecular flexibility index (Phi) is 3.88. The molecular weight excluding hydrogens is 277 g/mol. The maximum absolute atomic E-state index is 13.6. The summed E-state index contributed by atoms with van der Waals surface area (Å²) in [5.41, 5.74) is 1.65. The van der Waals surface area contributed by atoms with Crippen LogP contribution in [-0.2, 0) is 0 Å². The lowest BCUT2D eigenvalue weighted by Crippen LogP contribution is -1.98. The molecule has 0 saturated carbocycles. The van der Waals surface area contributed by atoms with Gasteiger partial charge in [0, 0.05) is 10.6 Å².